The number of hydrogen-bond donors (Lipinski definition) is 0. The fourth-order valence-electron chi connectivity index (χ4n) is 2.58. The second kappa shape index (κ2) is 7.29. The normalized spacial score (nSPS) is 13.9. The molecule has 0 N–H and O–H groups in total. The smallest absolute Gasteiger partial charge is 0.139 e. The third-order valence-corrected chi connectivity index (χ3v) is 4.84. The standard InChI is InChI=1S/C19H14F2N2S/c20-17-4-5-18(21)15(12-17)3-1-2-14-6-9-23(10-7-14)19-16(13-22)8-11-24-19/h2,4-5,8,11-12H,6-7,9-10H2. The summed E-state index contributed by atoms with van der Waals surface area (Å²) in [5.74, 6) is 4.48. The topological polar surface area (TPSA) is 27.0 Å². The number of nitrogens with zero attached hydrogens (tertiary/aromatic N) is 2. The summed E-state index contributed by atoms with van der Waals surface area (Å²) in [6.07, 6.45) is 3.49. The average Bonchev–Trinajstić information content (AvgIpc) is 3.07. The Labute approximate surface area is 143 Å². The van der Waals surface area contributed by atoms with Gasteiger partial charge in [0.15, 0.2) is 0 Å². The highest BCUT2D eigenvalue weighted by atomic mass is 32.1. The molecule has 0 spiro atoms. The van der Waals surface area contributed by atoms with E-state index in [2.05, 4.69) is 22.8 Å². The van der Waals surface area contributed by atoms with E-state index in [1.165, 1.54) is 5.57 Å². The van der Waals surface area contributed by atoms with Crippen molar-refractivity contribution in [3.8, 4) is 17.9 Å². The van der Waals surface area contributed by atoms with Crippen molar-refractivity contribution in [2.45, 2.75) is 12.8 Å². The zero-order valence-corrected chi connectivity index (χ0v) is 13.7. The van der Waals surface area contributed by atoms with E-state index in [9.17, 15) is 8.78 Å². The number of piperidine rings is 1. The minimum atomic E-state index is -0.515. The summed E-state index contributed by atoms with van der Waals surface area (Å²) in [6, 6.07) is 7.31. The number of thiophene rings is 1. The van der Waals surface area contributed by atoms with Crippen LogP contribution in [0.4, 0.5) is 13.8 Å². The fraction of sp³-hybridized carbons (Fsp3) is 0.211. The maximum Gasteiger partial charge on any atom is 0.139 e. The lowest BCUT2D eigenvalue weighted by atomic mass is 10.0. The summed E-state index contributed by atoms with van der Waals surface area (Å²) in [4.78, 5) is 2.21. The molecule has 2 aromatic rings. The zero-order chi connectivity index (χ0) is 16.9. The first kappa shape index (κ1) is 16.2. The Morgan fingerprint density at radius 1 is 1.12 bits per heavy atom. The van der Waals surface area contributed by atoms with Gasteiger partial charge < -0.3 is 4.90 Å². The molecule has 1 fully saturated rings. The number of nitriles is 1. The Hall–Kier alpha value is -2.63. The Morgan fingerprint density at radius 2 is 1.92 bits per heavy atom. The van der Waals surface area contributed by atoms with Gasteiger partial charge in [-0.2, -0.15) is 5.26 Å². The Balaban J connectivity index is 1.65. The molecular formula is C19H14F2N2S. The molecular weight excluding hydrogens is 326 g/mol. The lowest BCUT2D eigenvalue weighted by molar-refractivity contribution is 0.597. The van der Waals surface area contributed by atoms with Crippen molar-refractivity contribution in [2.75, 3.05) is 18.0 Å². The van der Waals surface area contributed by atoms with Crippen molar-refractivity contribution in [1.82, 2.24) is 0 Å². The molecule has 1 aliphatic heterocycles. The summed E-state index contributed by atoms with van der Waals surface area (Å²) in [5, 5.41) is 12.0. The monoisotopic (exact) mass is 340 g/mol. The van der Waals surface area contributed by atoms with Gasteiger partial charge in [0.05, 0.1) is 11.1 Å². The number of anilines is 1. The number of allylic oxidation sites excluding steroid dienone is 1. The first-order valence-corrected chi connectivity index (χ1v) is 8.42. The van der Waals surface area contributed by atoms with Crippen LogP contribution in [0.2, 0.25) is 0 Å². The molecule has 0 unspecified atom stereocenters. The number of rotatable bonds is 1. The predicted octanol–water partition coefficient (Wildman–Crippen LogP) is 4.48. The molecule has 2 heterocycles. The highest BCUT2D eigenvalue weighted by Gasteiger charge is 2.17. The third-order valence-electron chi connectivity index (χ3n) is 3.87. The third kappa shape index (κ3) is 3.64. The predicted molar refractivity (Wildman–Crippen MR) is 91.8 cm³/mol. The SMILES string of the molecule is N#Cc1ccsc1N1CCC(=CC#Cc2cc(F)ccc2F)CC1. The van der Waals surface area contributed by atoms with E-state index in [1.54, 1.807) is 17.4 Å². The molecule has 0 aliphatic carbocycles. The summed E-state index contributed by atoms with van der Waals surface area (Å²) in [5.41, 5.74) is 1.97. The van der Waals surface area contributed by atoms with Crippen molar-refractivity contribution >= 4 is 16.3 Å². The van der Waals surface area contributed by atoms with Crippen LogP contribution in [-0.2, 0) is 0 Å². The van der Waals surface area contributed by atoms with Crippen molar-refractivity contribution in [2.24, 2.45) is 0 Å². The molecule has 0 bridgehead atoms. The molecule has 0 atom stereocenters. The first-order valence-electron chi connectivity index (χ1n) is 7.54. The summed E-state index contributed by atoms with van der Waals surface area (Å²) < 4.78 is 26.6. The van der Waals surface area contributed by atoms with E-state index in [1.807, 2.05) is 11.4 Å². The highest BCUT2D eigenvalue weighted by molar-refractivity contribution is 7.14. The van der Waals surface area contributed by atoms with E-state index >= 15 is 0 Å². The quantitative estimate of drug-likeness (QED) is 0.716. The van der Waals surface area contributed by atoms with Crippen LogP contribution < -0.4 is 4.90 Å². The number of hydrogen-bond acceptors (Lipinski definition) is 3. The van der Waals surface area contributed by atoms with Crippen LogP contribution in [0.1, 0.15) is 24.0 Å². The van der Waals surface area contributed by atoms with Crippen LogP contribution in [0.15, 0.2) is 41.3 Å². The Bertz CT molecular complexity index is 871. The van der Waals surface area contributed by atoms with Gasteiger partial charge in [-0.15, -0.1) is 11.3 Å². The molecule has 1 aromatic carbocycles. The van der Waals surface area contributed by atoms with Gasteiger partial charge in [0, 0.05) is 13.1 Å². The second-order valence-corrected chi connectivity index (χ2v) is 6.33. The molecule has 0 amide bonds. The highest BCUT2D eigenvalue weighted by Crippen LogP contribution is 2.30. The lowest BCUT2D eigenvalue weighted by Crippen LogP contribution is -2.30. The fourth-order valence-corrected chi connectivity index (χ4v) is 3.49. The maximum absolute atomic E-state index is 13.5. The van der Waals surface area contributed by atoms with Gasteiger partial charge in [-0.05, 0) is 48.6 Å². The summed E-state index contributed by atoms with van der Waals surface area (Å²) >= 11 is 1.58. The molecule has 120 valence electrons. The molecule has 1 aromatic heterocycles. The van der Waals surface area contributed by atoms with Crippen LogP contribution in [0.5, 0.6) is 0 Å². The largest absolute Gasteiger partial charge is 0.362 e. The summed E-state index contributed by atoms with van der Waals surface area (Å²) in [6.45, 7) is 1.66. The molecule has 3 rings (SSSR count). The van der Waals surface area contributed by atoms with Crippen LogP contribution >= 0.6 is 11.3 Å². The Kier molecular flexibility index (Phi) is 4.93. The van der Waals surface area contributed by atoms with Gasteiger partial charge >= 0.3 is 0 Å². The second-order valence-electron chi connectivity index (χ2n) is 5.43. The minimum absolute atomic E-state index is 0.0709. The van der Waals surface area contributed by atoms with Crippen molar-refractivity contribution in [1.29, 1.82) is 5.26 Å². The van der Waals surface area contributed by atoms with Gasteiger partial charge in [0.25, 0.3) is 0 Å². The van der Waals surface area contributed by atoms with Gasteiger partial charge in [0.1, 0.15) is 22.7 Å². The lowest BCUT2D eigenvalue weighted by Gasteiger charge is -2.29. The van der Waals surface area contributed by atoms with Crippen molar-refractivity contribution in [3.63, 3.8) is 0 Å². The average molecular weight is 340 g/mol. The van der Waals surface area contributed by atoms with E-state index in [0.29, 0.717) is 5.56 Å². The molecule has 0 saturated carbocycles. The van der Waals surface area contributed by atoms with Gasteiger partial charge in [-0.1, -0.05) is 17.4 Å². The van der Waals surface area contributed by atoms with Gasteiger partial charge in [-0.25, -0.2) is 8.78 Å². The van der Waals surface area contributed by atoms with E-state index in [0.717, 1.165) is 49.1 Å². The van der Waals surface area contributed by atoms with Gasteiger partial charge in [0.2, 0.25) is 0 Å². The van der Waals surface area contributed by atoms with Crippen LogP contribution in [0.25, 0.3) is 0 Å². The summed E-state index contributed by atoms with van der Waals surface area (Å²) in [7, 11) is 0. The molecule has 0 radical (unpaired) electrons. The minimum Gasteiger partial charge on any atom is -0.362 e. The van der Waals surface area contributed by atoms with E-state index in [-0.39, 0.29) is 5.56 Å². The van der Waals surface area contributed by atoms with E-state index < -0.39 is 11.6 Å². The number of halogens is 2. The maximum atomic E-state index is 13.5. The molecule has 1 aliphatic rings. The number of benzene rings is 1. The zero-order valence-electron chi connectivity index (χ0n) is 12.9. The van der Waals surface area contributed by atoms with Crippen molar-refractivity contribution < 1.29 is 8.78 Å². The van der Waals surface area contributed by atoms with Crippen LogP contribution in [0.3, 0.4) is 0 Å². The van der Waals surface area contributed by atoms with Crippen molar-refractivity contribution in [3.05, 3.63) is 64.1 Å². The molecule has 24 heavy (non-hydrogen) atoms. The van der Waals surface area contributed by atoms with E-state index in [4.69, 9.17) is 5.26 Å². The van der Waals surface area contributed by atoms with Gasteiger partial charge in [-0.3, -0.25) is 0 Å². The molecule has 2 nitrogen and oxygen atoms in total. The van der Waals surface area contributed by atoms with Crippen LogP contribution in [0, 0.1) is 34.8 Å². The van der Waals surface area contributed by atoms with Crippen LogP contribution in [-0.4, -0.2) is 13.1 Å². The molecule has 5 heteroatoms. The molecule has 1 saturated heterocycles. The Morgan fingerprint density at radius 3 is 2.67 bits per heavy atom. The first-order chi connectivity index (χ1) is 11.7.